The molecule has 4 nitrogen and oxygen atoms in total. The van der Waals surface area contributed by atoms with Crippen molar-refractivity contribution in [3.8, 4) is 5.88 Å². The zero-order valence-corrected chi connectivity index (χ0v) is 11.9. The molecule has 0 fully saturated rings. The van der Waals surface area contributed by atoms with E-state index in [0.29, 0.717) is 28.0 Å². The van der Waals surface area contributed by atoms with Gasteiger partial charge < -0.3 is 10.5 Å². The topological polar surface area (TPSA) is 61.0 Å². The van der Waals surface area contributed by atoms with Crippen LogP contribution in [0.1, 0.15) is 17.3 Å². The van der Waals surface area contributed by atoms with Crippen molar-refractivity contribution in [1.82, 2.24) is 9.97 Å². The van der Waals surface area contributed by atoms with E-state index in [9.17, 15) is 4.39 Å². The third kappa shape index (κ3) is 3.48. The van der Waals surface area contributed by atoms with E-state index in [0.717, 1.165) is 0 Å². The number of halogens is 2. The van der Waals surface area contributed by atoms with Gasteiger partial charge in [-0.3, -0.25) is 0 Å². The first kappa shape index (κ1) is 13.9. The maximum absolute atomic E-state index is 13.8. The molecule has 0 spiro atoms. The summed E-state index contributed by atoms with van der Waals surface area (Å²) in [4.78, 5) is 8.01. The summed E-state index contributed by atoms with van der Waals surface area (Å²) in [6.07, 6.45) is 1.82. The number of hydrogen-bond acceptors (Lipinski definition) is 4. The molecule has 1 aromatic heterocycles. The molecule has 2 aromatic rings. The molecule has 0 amide bonds. The number of nitrogens with zero attached hydrogens (tertiary/aromatic N) is 2. The van der Waals surface area contributed by atoms with E-state index < -0.39 is 6.04 Å². The van der Waals surface area contributed by atoms with Crippen molar-refractivity contribution in [2.75, 3.05) is 7.11 Å². The van der Waals surface area contributed by atoms with Crippen molar-refractivity contribution >= 4 is 15.9 Å². The van der Waals surface area contributed by atoms with Gasteiger partial charge >= 0.3 is 0 Å². The monoisotopic (exact) mass is 325 g/mol. The lowest BCUT2D eigenvalue weighted by Crippen LogP contribution is -2.15. The first-order valence-electron chi connectivity index (χ1n) is 5.65. The van der Waals surface area contributed by atoms with E-state index in [1.54, 1.807) is 18.2 Å². The second-order valence-corrected chi connectivity index (χ2v) is 4.94. The lowest BCUT2D eigenvalue weighted by atomic mass is 10.0. The minimum absolute atomic E-state index is 0.331. The highest BCUT2D eigenvalue weighted by atomic mass is 79.9. The average Bonchev–Trinajstić information content (AvgIpc) is 2.38. The molecule has 1 aromatic carbocycles. The Morgan fingerprint density at radius 3 is 2.84 bits per heavy atom. The zero-order chi connectivity index (χ0) is 13.8. The smallest absolute Gasteiger partial charge is 0.216 e. The van der Waals surface area contributed by atoms with E-state index in [1.165, 1.54) is 19.5 Å². The number of methoxy groups -OCH3 is 1. The molecule has 1 heterocycles. The number of hydrogen-bond donors (Lipinski definition) is 1. The van der Waals surface area contributed by atoms with E-state index in [2.05, 4.69) is 25.9 Å². The zero-order valence-electron chi connectivity index (χ0n) is 10.3. The highest BCUT2D eigenvalue weighted by Crippen LogP contribution is 2.22. The summed E-state index contributed by atoms with van der Waals surface area (Å²) in [5, 5.41) is 0. The molecule has 0 saturated heterocycles. The second-order valence-electron chi connectivity index (χ2n) is 4.03. The molecule has 2 N–H and O–H groups in total. The number of aromatic nitrogens is 2. The molecule has 0 aliphatic heterocycles. The Kier molecular flexibility index (Phi) is 4.44. The highest BCUT2D eigenvalue weighted by Gasteiger charge is 2.13. The highest BCUT2D eigenvalue weighted by molar-refractivity contribution is 9.10. The molecule has 0 radical (unpaired) electrons. The molecule has 0 aliphatic carbocycles. The Bertz CT molecular complexity index is 580. The van der Waals surface area contributed by atoms with Crippen molar-refractivity contribution in [2.24, 2.45) is 5.73 Å². The number of rotatable bonds is 4. The molecule has 1 unspecified atom stereocenters. The third-order valence-electron chi connectivity index (χ3n) is 2.70. The van der Waals surface area contributed by atoms with Gasteiger partial charge in [0, 0.05) is 34.3 Å². The molecule has 0 saturated carbocycles. The van der Waals surface area contributed by atoms with Gasteiger partial charge in [0.15, 0.2) is 0 Å². The minimum Gasteiger partial charge on any atom is -0.481 e. The number of benzene rings is 1. The molecular weight excluding hydrogens is 313 g/mol. The Labute approximate surface area is 119 Å². The first-order chi connectivity index (χ1) is 9.10. The van der Waals surface area contributed by atoms with Crippen LogP contribution in [0.2, 0.25) is 0 Å². The fourth-order valence-electron chi connectivity index (χ4n) is 1.74. The van der Waals surface area contributed by atoms with Gasteiger partial charge in [-0.25, -0.2) is 14.4 Å². The number of ether oxygens (including phenoxy) is 1. The molecule has 2 rings (SSSR count). The Morgan fingerprint density at radius 1 is 1.37 bits per heavy atom. The maximum atomic E-state index is 13.8. The fourth-order valence-corrected chi connectivity index (χ4v) is 2.07. The Balaban J connectivity index is 2.17. The summed E-state index contributed by atoms with van der Waals surface area (Å²) in [5.41, 5.74) is 7.18. The maximum Gasteiger partial charge on any atom is 0.216 e. The van der Waals surface area contributed by atoms with Gasteiger partial charge in [-0.05, 0) is 12.1 Å². The van der Waals surface area contributed by atoms with Gasteiger partial charge in [-0.1, -0.05) is 22.0 Å². The molecule has 19 heavy (non-hydrogen) atoms. The Morgan fingerprint density at radius 2 is 2.16 bits per heavy atom. The lowest BCUT2D eigenvalue weighted by Gasteiger charge is -2.13. The van der Waals surface area contributed by atoms with Crippen LogP contribution in [0.4, 0.5) is 4.39 Å². The molecule has 1 atom stereocenters. The molecule has 6 heteroatoms. The third-order valence-corrected chi connectivity index (χ3v) is 3.19. The van der Waals surface area contributed by atoms with Gasteiger partial charge in [-0.2, -0.15) is 0 Å². The lowest BCUT2D eigenvalue weighted by molar-refractivity contribution is 0.395. The van der Waals surface area contributed by atoms with Crippen molar-refractivity contribution in [2.45, 2.75) is 12.5 Å². The predicted molar refractivity (Wildman–Crippen MR) is 73.3 cm³/mol. The number of nitrogens with two attached hydrogens (primary N) is 1. The van der Waals surface area contributed by atoms with Gasteiger partial charge in [-0.15, -0.1) is 0 Å². The van der Waals surface area contributed by atoms with Crippen LogP contribution in [0.5, 0.6) is 5.88 Å². The van der Waals surface area contributed by atoms with E-state index in [4.69, 9.17) is 10.5 Å². The van der Waals surface area contributed by atoms with E-state index in [-0.39, 0.29) is 5.82 Å². The molecular formula is C13H13BrFN3O. The standard InChI is InChI=1S/C13H13BrFN3O/c1-19-13-6-9(17-7-18-13)5-12(16)10-3-2-8(14)4-11(10)15/h2-4,6-7,12H,5,16H2,1H3. The van der Waals surface area contributed by atoms with Crippen LogP contribution in [0.3, 0.4) is 0 Å². The van der Waals surface area contributed by atoms with E-state index in [1.807, 2.05) is 0 Å². The minimum atomic E-state index is -0.465. The molecule has 0 bridgehead atoms. The molecule has 0 aliphatic rings. The van der Waals surface area contributed by atoms with Gasteiger partial charge in [0.2, 0.25) is 5.88 Å². The normalized spacial score (nSPS) is 12.2. The molecule has 100 valence electrons. The van der Waals surface area contributed by atoms with Gasteiger partial charge in [0.05, 0.1) is 7.11 Å². The SMILES string of the molecule is COc1cc(CC(N)c2ccc(Br)cc2F)ncn1. The van der Waals surface area contributed by atoms with Gasteiger partial charge in [0.1, 0.15) is 12.1 Å². The van der Waals surface area contributed by atoms with Crippen LogP contribution in [0.25, 0.3) is 0 Å². The van der Waals surface area contributed by atoms with E-state index >= 15 is 0 Å². The van der Waals surface area contributed by atoms with Crippen LogP contribution in [0.15, 0.2) is 35.1 Å². The van der Waals surface area contributed by atoms with Crippen molar-refractivity contribution < 1.29 is 9.13 Å². The van der Waals surface area contributed by atoms with Crippen molar-refractivity contribution in [1.29, 1.82) is 0 Å². The summed E-state index contributed by atoms with van der Waals surface area (Å²) in [7, 11) is 1.53. The second kappa shape index (κ2) is 6.08. The summed E-state index contributed by atoms with van der Waals surface area (Å²) in [5.74, 6) is 0.136. The van der Waals surface area contributed by atoms with Crippen LogP contribution in [-0.2, 0) is 6.42 Å². The van der Waals surface area contributed by atoms with Crippen molar-refractivity contribution in [3.05, 3.63) is 52.1 Å². The largest absolute Gasteiger partial charge is 0.481 e. The Hall–Kier alpha value is -1.53. The summed E-state index contributed by atoms with van der Waals surface area (Å²) >= 11 is 3.21. The van der Waals surface area contributed by atoms with Crippen molar-refractivity contribution in [3.63, 3.8) is 0 Å². The first-order valence-corrected chi connectivity index (χ1v) is 6.45. The van der Waals surface area contributed by atoms with Crippen LogP contribution >= 0.6 is 15.9 Å². The average molecular weight is 326 g/mol. The van der Waals surface area contributed by atoms with Crippen LogP contribution in [-0.4, -0.2) is 17.1 Å². The quantitative estimate of drug-likeness (QED) is 0.938. The fraction of sp³-hybridized carbons (Fsp3) is 0.231. The summed E-state index contributed by atoms with van der Waals surface area (Å²) < 4.78 is 19.5. The van der Waals surface area contributed by atoms with Crippen LogP contribution < -0.4 is 10.5 Å². The van der Waals surface area contributed by atoms with Crippen LogP contribution in [0, 0.1) is 5.82 Å². The summed E-state index contributed by atoms with van der Waals surface area (Å²) in [6, 6.07) is 6.06. The van der Waals surface area contributed by atoms with Gasteiger partial charge in [0.25, 0.3) is 0 Å². The summed E-state index contributed by atoms with van der Waals surface area (Å²) in [6.45, 7) is 0. The predicted octanol–water partition coefficient (Wildman–Crippen LogP) is 2.63.